The lowest BCUT2D eigenvalue weighted by molar-refractivity contribution is 0.0696. The molecule has 0 unspecified atom stereocenters. The van der Waals surface area contributed by atoms with Crippen molar-refractivity contribution in [2.45, 2.75) is 11.3 Å². The van der Waals surface area contributed by atoms with Crippen molar-refractivity contribution in [1.29, 1.82) is 0 Å². The first kappa shape index (κ1) is 24.4. The smallest absolute Gasteiger partial charge is 0.335 e. The van der Waals surface area contributed by atoms with Gasteiger partial charge in [0.15, 0.2) is 0 Å². The van der Waals surface area contributed by atoms with E-state index in [0.29, 0.717) is 24.5 Å². The first-order chi connectivity index (χ1) is 16.7. The van der Waals surface area contributed by atoms with Gasteiger partial charge in [-0.05, 0) is 60.7 Å². The third kappa shape index (κ3) is 5.03. The highest BCUT2D eigenvalue weighted by molar-refractivity contribution is 7.93. The van der Waals surface area contributed by atoms with Gasteiger partial charge in [-0.15, -0.1) is 0 Å². The molecule has 1 amide bonds. The second kappa shape index (κ2) is 9.85. The SMILES string of the molecule is COc1ccc(Cl)cc1S(=O)(=O)N1CCCOc2ccc(C(=O)Nc3ccc(C(=O)O)cc3)cc21. The van der Waals surface area contributed by atoms with Crippen LogP contribution in [0.5, 0.6) is 11.5 Å². The van der Waals surface area contributed by atoms with Crippen LogP contribution in [0.2, 0.25) is 5.02 Å². The molecule has 0 aliphatic carbocycles. The molecule has 0 saturated carbocycles. The van der Waals surface area contributed by atoms with Crippen molar-refractivity contribution < 1.29 is 32.6 Å². The van der Waals surface area contributed by atoms with E-state index in [1.165, 1.54) is 66.0 Å². The summed E-state index contributed by atoms with van der Waals surface area (Å²) in [5.74, 6) is -1.13. The number of benzene rings is 3. The number of carboxylic acids is 1. The molecule has 0 bridgehead atoms. The zero-order valence-electron chi connectivity index (χ0n) is 18.5. The number of nitrogens with zero attached hydrogens (tertiary/aromatic N) is 1. The number of rotatable bonds is 6. The predicted octanol–water partition coefficient (Wildman–Crippen LogP) is 4.28. The Hall–Kier alpha value is -3.76. The molecule has 9 nitrogen and oxygen atoms in total. The summed E-state index contributed by atoms with van der Waals surface area (Å²) in [6, 6.07) is 14.5. The Morgan fingerprint density at radius 1 is 1.06 bits per heavy atom. The molecule has 1 aliphatic rings. The number of aromatic carboxylic acids is 1. The number of carbonyl (C=O) groups excluding carboxylic acids is 1. The number of anilines is 2. The van der Waals surface area contributed by atoms with E-state index in [9.17, 15) is 18.0 Å². The molecule has 35 heavy (non-hydrogen) atoms. The van der Waals surface area contributed by atoms with E-state index in [1.807, 2.05) is 0 Å². The third-order valence-corrected chi connectivity index (χ3v) is 7.41. The second-order valence-electron chi connectivity index (χ2n) is 7.59. The minimum atomic E-state index is -4.12. The fourth-order valence-corrected chi connectivity index (χ4v) is 5.53. The van der Waals surface area contributed by atoms with Crippen LogP contribution in [0, 0.1) is 0 Å². The molecule has 0 radical (unpaired) electrons. The summed E-state index contributed by atoms with van der Waals surface area (Å²) in [7, 11) is -2.75. The Morgan fingerprint density at radius 2 is 1.77 bits per heavy atom. The van der Waals surface area contributed by atoms with Gasteiger partial charge < -0.3 is 19.9 Å². The molecule has 0 atom stereocenters. The summed E-state index contributed by atoms with van der Waals surface area (Å²) in [5, 5.41) is 11.9. The van der Waals surface area contributed by atoms with Gasteiger partial charge in [0.05, 0.1) is 25.0 Å². The lowest BCUT2D eigenvalue weighted by atomic mass is 10.1. The van der Waals surface area contributed by atoms with Crippen LogP contribution in [0.3, 0.4) is 0 Å². The number of ether oxygens (including phenoxy) is 2. The van der Waals surface area contributed by atoms with Gasteiger partial charge in [-0.25, -0.2) is 13.2 Å². The molecule has 0 saturated heterocycles. The molecule has 4 rings (SSSR count). The molecule has 1 aliphatic heterocycles. The molecule has 0 fully saturated rings. The van der Waals surface area contributed by atoms with E-state index in [4.69, 9.17) is 26.2 Å². The van der Waals surface area contributed by atoms with Crippen LogP contribution in [-0.2, 0) is 10.0 Å². The summed E-state index contributed by atoms with van der Waals surface area (Å²) in [4.78, 5) is 23.8. The van der Waals surface area contributed by atoms with Gasteiger partial charge in [0, 0.05) is 29.2 Å². The van der Waals surface area contributed by atoms with Gasteiger partial charge in [-0.2, -0.15) is 0 Å². The zero-order chi connectivity index (χ0) is 25.2. The fraction of sp³-hybridized carbons (Fsp3) is 0.167. The molecule has 1 heterocycles. The highest BCUT2D eigenvalue weighted by Gasteiger charge is 2.32. The third-order valence-electron chi connectivity index (χ3n) is 5.34. The van der Waals surface area contributed by atoms with E-state index in [2.05, 4.69) is 5.32 Å². The van der Waals surface area contributed by atoms with Crippen molar-refractivity contribution in [3.63, 3.8) is 0 Å². The molecule has 3 aromatic carbocycles. The first-order valence-electron chi connectivity index (χ1n) is 10.5. The number of hydrogen-bond donors (Lipinski definition) is 2. The standard InChI is InChI=1S/C24H21ClN2O7S/c1-33-21-10-6-17(25)14-22(21)35(31,32)27-11-2-12-34-20-9-5-16(13-19(20)27)23(28)26-18-7-3-15(4-8-18)24(29)30/h3-10,13-14H,2,11-12H2,1H3,(H,26,28)(H,29,30). The highest BCUT2D eigenvalue weighted by Crippen LogP contribution is 2.38. The van der Waals surface area contributed by atoms with Crippen LogP contribution >= 0.6 is 11.6 Å². The normalized spacial score (nSPS) is 13.3. The number of sulfonamides is 1. The van der Waals surface area contributed by atoms with Crippen LogP contribution < -0.4 is 19.1 Å². The Bertz CT molecular complexity index is 1390. The van der Waals surface area contributed by atoms with E-state index in [0.717, 1.165) is 0 Å². The number of hydrogen-bond acceptors (Lipinski definition) is 6. The van der Waals surface area contributed by atoms with Gasteiger partial charge >= 0.3 is 5.97 Å². The van der Waals surface area contributed by atoms with E-state index in [-0.39, 0.29) is 39.0 Å². The highest BCUT2D eigenvalue weighted by atomic mass is 35.5. The Kier molecular flexibility index (Phi) is 6.86. The van der Waals surface area contributed by atoms with Crippen molar-refractivity contribution in [2.75, 3.05) is 29.9 Å². The molecular weight excluding hydrogens is 496 g/mol. The number of carboxylic acid groups (broad SMARTS) is 1. The van der Waals surface area contributed by atoms with Crippen molar-refractivity contribution in [3.05, 3.63) is 76.8 Å². The summed E-state index contributed by atoms with van der Waals surface area (Å²) in [6.45, 7) is 0.417. The van der Waals surface area contributed by atoms with Crippen molar-refractivity contribution in [2.24, 2.45) is 0 Å². The topological polar surface area (TPSA) is 122 Å². The first-order valence-corrected chi connectivity index (χ1v) is 12.3. The van der Waals surface area contributed by atoms with E-state index in [1.54, 1.807) is 6.07 Å². The van der Waals surface area contributed by atoms with E-state index >= 15 is 0 Å². The van der Waals surface area contributed by atoms with Crippen molar-refractivity contribution in [1.82, 2.24) is 0 Å². The maximum Gasteiger partial charge on any atom is 0.335 e. The molecule has 3 aromatic rings. The maximum atomic E-state index is 13.7. The second-order valence-corrected chi connectivity index (χ2v) is 9.86. The minimum absolute atomic E-state index is 0.0856. The quantitative estimate of drug-likeness (QED) is 0.501. The molecule has 0 spiro atoms. The Morgan fingerprint density at radius 3 is 2.46 bits per heavy atom. The van der Waals surface area contributed by atoms with Crippen LogP contribution in [-0.4, -0.2) is 45.7 Å². The summed E-state index contributed by atoms with van der Waals surface area (Å²) in [6.07, 6.45) is 0.425. The molecule has 2 N–H and O–H groups in total. The molecular formula is C24H21ClN2O7S. The van der Waals surface area contributed by atoms with Gasteiger partial charge in [0.25, 0.3) is 15.9 Å². The summed E-state index contributed by atoms with van der Waals surface area (Å²) < 4.78 is 39.5. The average Bonchev–Trinajstić information content (AvgIpc) is 3.06. The Labute approximate surface area is 206 Å². The van der Waals surface area contributed by atoms with Gasteiger partial charge in [-0.3, -0.25) is 9.10 Å². The van der Waals surface area contributed by atoms with Gasteiger partial charge in [0.2, 0.25) is 0 Å². The van der Waals surface area contributed by atoms with Crippen molar-refractivity contribution >= 4 is 44.9 Å². The van der Waals surface area contributed by atoms with Gasteiger partial charge in [0.1, 0.15) is 16.4 Å². The fourth-order valence-electron chi connectivity index (χ4n) is 3.61. The van der Waals surface area contributed by atoms with Gasteiger partial charge in [-0.1, -0.05) is 11.6 Å². The number of methoxy groups -OCH3 is 1. The van der Waals surface area contributed by atoms with Crippen LogP contribution in [0.25, 0.3) is 0 Å². The van der Waals surface area contributed by atoms with Crippen molar-refractivity contribution in [3.8, 4) is 11.5 Å². The predicted molar refractivity (Wildman–Crippen MR) is 130 cm³/mol. The number of fused-ring (bicyclic) bond motifs is 1. The van der Waals surface area contributed by atoms with Crippen LogP contribution in [0.15, 0.2) is 65.6 Å². The van der Waals surface area contributed by atoms with Crippen LogP contribution in [0.1, 0.15) is 27.1 Å². The molecule has 182 valence electrons. The monoisotopic (exact) mass is 516 g/mol. The molecule has 0 aromatic heterocycles. The number of halogens is 1. The maximum absolute atomic E-state index is 13.7. The lowest BCUT2D eigenvalue weighted by Crippen LogP contribution is -2.32. The zero-order valence-corrected chi connectivity index (χ0v) is 20.1. The van der Waals surface area contributed by atoms with Crippen LogP contribution in [0.4, 0.5) is 11.4 Å². The number of amides is 1. The minimum Gasteiger partial charge on any atom is -0.495 e. The summed E-state index contributed by atoms with van der Waals surface area (Å²) in [5.41, 5.74) is 0.870. The molecule has 11 heteroatoms. The number of nitrogens with one attached hydrogen (secondary N) is 1. The Balaban J connectivity index is 1.70. The lowest BCUT2D eigenvalue weighted by Gasteiger charge is -2.25. The number of carbonyl (C=O) groups is 2. The van der Waals surface area contributed by atoms with E-state index < -0.39 is 21.9 Å². The summed E-state index contributed by atoms with van der Waals surface area (Å²) >= 11 is 6.07. The average molecular weight is 517 g/mol. The largest absolute Gasteiger partial charge is 0.495 e.